The molecular formula is C19H20ClFN2O5S. The molecule has 0 radical (unpaired) electrons. The van der Waals surface area contributed by atoms with E-state index in [-0.39, 0.29) is 21.5 Å². The number of nitrogens with one attached hydrogen (secondary N) is 1. The zero-order valence-corrected chi connectivity index (χ0v) is 17.2. The van der Waals surface area contributed by atoms with Crippen LogP contribution in [0.1, 0.15) is 6.92 Å². The smallest absolute Gasteiger partial charge is 0.263 e. The number of hydrogen-bond donors (Lipinski definition) is 1. The number of anilines is 1. The van der Waals surface area contributed by atoms with Crippen molar-refractivity contribution in [3.63, 3.8) is 0 Å². The summed E-state index contributed by atoms with van der Waals surface area (Å²) in [7, 11) is -3.90. The molecule has 1 aliphatic heterocycles. The SMILES string of the molecule is C[C@H](Oc1ccc(S(=O)(=O)Nc2ccc(F)c(Cl)c2)cc1)C(=O)N1CCOCC1. The molecule has 10 heteroatoms. The predicted molar refractivity (Wildman–Crippen MR) is 106 cm³/mol. The molecule has 2 aromatic carbocycles. The monoisotopic (exact) mass is 442 g/mol. The van der Waals surface area contributed by atoms with Gasteiger partial charge in [0.05, 0.1) is 28.8 Å². The number of halogens is 2. The lowest BCUT2D eigenvalue weighted by atomic mass is 10.3. The fraction of sp³-hybridized carbons (Fsp3) is 0.316. The fourth-order valence-corrected chi connectivity index (χ4v) is 4.00. The predicted octanol–water partition coefficient (Wildman–Crippen LogP) is 2.91. The Kier molecular flexibility index (Phi) is 6.61. The van der Waals surface area contributed by atoms with Crippen LogP contribution in [-0.2, 0) is 19.6 Å². The summed E-state index contributed by atoms with van der Waals surface area (Å²) in [5, 5.41) is -0.187. The molecule has 1 saturated heterocycles. The van der Waals surface area contributed by atoms with Gasteiger partial charge in [-0.3, -0.25) is 9.52 Å². The zero-order valence-electron chi connectivity index (χ0n) is 15.6. The first-order valence-electron chi connectivity index (χ1n) is 8.87. The normalized spacial score (nSPS) is 15.6. The molecule has 0 unspecified atom stereocenters. The van der Waals surface area contributed by atoms with Crippen LogP contribution in [0, 0.1) is 5.82 Å². The van der Waals surface area contributed by atoms with E-state index >= 15 is 0 Å². The molecule has 1 atom stereocenters. The average molecular weight is 443 g/mol. The van der Waals surface area contributed by atoms with Crippen LogP contribution in [0.4, 0.5) is 10.1 Å². The van der Waals surface area contributed by atoms with Crippen molar-refractivity contribution in [3.05, 3.63) is 53.3 Å². The molecule has 0 aliphatic carbocycles. The Hall–Kier alpha value is -2.36. The highest BCUT2D eigenvalue weighted by atomic mass is 35.5. The second-order valence-electron chi connectivity index (χ2n) is 6.40. The number of rotatable bonds is 6. The van der Waals surface area contributed by atoms with Crippen LogP contribution in [0.25, 0.3) is 0 Å². The van der Waals surface area contributed by atoms with Crippen molar-refractivity contribution in [1.82, 2.24) is 4.90 Å². The Bertz CT molecular complexity index is 979. The van der Waals surface area contributed by atoms with Gasteiger partial charge in [0, 0.05) is 13.1 Å². The molecular weight excluding hydrogens is 423 g/mol. The molecule has 29 heavy (non-hydrogen) atoms. The Morgan fingerprint density at radius 3 is 2.48 bits per heavy atom. The van der Waals surface area contributed by atoms with Gasteiger partial charge in [-0.15, -0.1) is 0 Å². The van der Waals surface area contributed by atoms with Gasteiger partial charge in [0.2, 0.25) is 0 Å². The van der Waals surface area contributed by atoms with Gasteiger partial charge in [0.15, 0.2) is 6.10 Å². The number of morpholine rings is 1. The second-order valence-corrected chi connectivity index (χ2v) is 8.49. The lowest BCUT2D eigenvalue weighted by Gasteiger charge is -2.29. The molecule has 1 fully saturated rings. The van der Waals surface area contributed by atoms with Crippen molar-refractivity contribution in [2.75, 3.05) is 31.0 Å². The molecule has 7 nitrogen and oxygen atoms in total. The van der Waals surface area contributed by atoms with Crippen molar-refractivity contribution >= 4 is 33.2 Å². The van der Waals surface area contributed by atoms with Crippen LogP contribution >= 0.6 is 11.6 Å². The Balaban J connectivity index is 1.65. The number of nitrogens with zero attached hydrogens (tertiary/aromatic N) is 1. The van der Waals surface area contributed by atoms with Gasteiger partial charge in [0.1, 0.15) is 11.6 Å². The lowest BCUT2D eigenvalue weighted by molar-refractivity contribution is -0.142. The zero-order chi connectivity index (χ0) is 21.0. The highest BCUT2D eigenvalue weighted by Gasteiger charge is 2.24. The van der Waals surface area contributed by atoms with Crippen LogP contribution in [0.15, 0.2) is 47.4 Å². The van der Waals surface area contributed by atoms with Crippen molar-refractivity contribution in [3.8, 4) is 5.75 Å². The first kappa shape index (κ1) is 21.4. The molecule has 2 aromatic rings. The summed E-state index contributed by atoms with van der Waals surface area (Å²) in [6.07, 6.45) is -0.713. The van der Waals surface area contributed by atoms with Crippen molar-refractivity contribution < 1.29 is 27.1 Å². The highest BCUT2D eigenvalue weighted by molar-refractivity contribution is 7.92. The Morgan fingerprint density at radius 1 is 1.21 bits per heavy atom. The molecule has 1 N–H and O–H groups in total. The fourth-order valence-electron chi connectivity index (χ4n) is 2.77. The van der Waals surface area contributed by atoms with E-state index in [0.717, 1.165) is 6.07 Å². The van der Waals surface area contributed by atoms with Gasteiger partial charge in [-0.2, -0.15) is 0 Å². The van der Waals surface area contributed by atoms with E-state index in [9.17, 15) is 17.6 Å². The molecule has 3 rings (SSSR count). The minimum atomic E-state index is -3.90. The van der Waals surface area contributed by atoms with Crippen molar-refractivity contribution in [2.45, 2.75) is 17.9 Å². The Labute approximate surface area is 173 Å². The summed E-state index contributed by atoms with van der Waals surface area (Å²) in [5.41, 5.74) is 0.140. The van der Waals surface area contributed by atoms with E-state index in [2.05, 4.69) is 4.72 Å². The third kappa shape index (κ3) is 5.37. The number of amides is 1. The summed E-state index contributed by atoms with van der Waals surface area (Å²) in [5.74, 6) is -0.431. The standard InChI is InChI=1S/C19H20ClFN2O5S/c1-13(19(24)23-8-10-27-11-9-23)28-15-3-5-16(6-4-15)29(25,26)22-14-2-7-18(21)17(20)12-14/h2-7,12-13,22H,8-11H2,1H3/t13-/m0/s1. The number of carbonyl (C=O) groups is 1. The first-order valence-corrected chi connectivity index (χ1v) is 10.7. The molecule has 0 spiro atoms. The first-order chi connectivity index (χ1) is 13.8. The van der Waals surface area contributed by atoms with E-state index < -0.39 is 21.9 Å². The molecule has 0 saturated carbocycles. The van der Waals surface area contributed by atoms with Crippen LogP contribution in [0.5, 0.6) is 5.75 Å². The molecule has 0 aromatic heterocycles. The second kappa shape index (κ2) is 8.98. The summed E-state index contributed by atoms with van der Waals surface area (Å²) >= 11 is 5.68. The van der Waals surface area contributed by atoms with E-state index in [4.69, 9.17) is 21.1 Å². The number of sulfonamides is 1. The largest absolute Gasteiger partial charge is 0.481 e. The summed E-state index contributed by atoms with van der Waals surface area (Å²) in [6, 6.07) is 9.18. The molecule has 1 amide bonds. The van der Waals surface area contributed by atoms with Crippen molar-refractivity contribution in [1.29, 1.82) is 0 Å². The maximum atomic E-state index is 13.2. The maximum Gasteiger partial charge on any atom is 0.263 e. The number of benzene rings is 2. The van der Waals surface area contributed by atoms with Crippen LogP contribution in [0.2, 0.25) is 5.02 Å². The van der Waals surface area contributed by atoms with Crippen LogP contribution < -0.4 is 9.46 Å². The number of carbonyl (C=O) groups excluding carboxylic acids is 1. The van der Waals surface area contributed by atoms with E-state index in [1.54, 1.807) is 11.8 Å². The topological polar surface area (TPSA) is 84.9 Å². The minimum Gasteiger partial charge on any atom is -0.481 e. The molecule has 1 aliphatic rings. The van der Waals surface area contributed by atoms with Gasteiger partial charge in [-0.1, -0.05) is 11.6 Å². The van der Waals surface area contributed by atoms with Gasteiger partial charge in [-0.05, 0) is 49.4 Å². The maximum absolute atomic E-state index is 13.2. The van der Waals surface area contributed by atoms with E-state index in [1.807, 2.05) is 0 Å². The Morgan fingerprint density at radius 2 is 1.86 bits per heavy atom. The summed E-state index contributed by atoms with van der Waals surface area (Å²) in [6.45, 7) is 3.67. The van der Waals surface area contributed by atoms with Crippen molar-refractivity contribution in [2.24, 2.45) is 0 Å². The van der Waals surface area contributed by atoms with Gasteiger partial charge >= 0.3 is 0 Å². The summed E-state index contributed by atoms with van der Waals surface area (Å²) in [4.78, 5) is 14.0. The molecule has 1 heterocycles. The van der Waals surface area contributed by atoms with Gasteiger partial charge < -0.3 is 14.4 Å². The average Bonchev–Trinajstić information content (AvgIpc) is 2.71. The van der Waals surface area contributed by atoms with Gasteiger partial charge in [-0.25, -0.2) is 12.8 Å². The molecule has 156 valence electrons. The van der Waals surface area contributed by atoms with Crippen LogP contribution in [0.3, 0.4) is 0 Å². The van der Waals surface area contributed by atoms with Crippen LogP contribution in [-0.4, -0.2) is 51.6 Å². The van der Waals surface area contributed by atoms with E-state index in [1.165, 1.54) is 36.4 Å². The minimum absolute atomic E-state index is 0.0162. The summed E-state index contributed by atoms with van der Waals surface area (Å²) < 4.78 is 51.4. The lowest BCUT2D eigenvalue weighted by Crippen LogP contribution is -2.46. The number of hydrogen-bond acceptors (Lipinski definition) is 5. The molecule has 0 bridgehead atoms. The third-order valence-electron chi connectivity index (χ3n) is 4.29. The van der Waals surface area contributed by atoms with Gasteiger partial charge in [0.25, 0.3) is 15.9 Å². The van der Waals surface area contributed by atoms with E-state index in [0.29, 0.717) is 32.1 Å². The quantitative estimate of drug-likeness (QED) is 0.743. The number of ether oxygens (including phenoxy) is 2. The third-order valence-corrected chi connectivity index (χ3v) is 5.98. The highest BCUT2D eigenvalue weighted by Crippen LogP contribution is 2.23.